The summed E-state index contributed by atoms with van der Waals surface area (Å²) in [6.07, 6.45) is -0.840. The number of halogens is 1. The summed E-state index contributed by atoms with van der Waals surface area (Å²) in [4.78, 5) is 23.7. The first-order valence-electron chi connectivity index (χ1n) is 8.34. The zero-order valence-electron chi connectivity index (χ0n) is 15.0. The number of hydrazine groups is 1. The van der Waals surface area contributed by atoms with Crippen LogP contribution in [0.15, 0.2) is 48.5 Å². The van der Waals surface area contributed by atoms with E-state index in [4.69, 9.17) is 14.2 Å². The third-order valence-electron chi connectivity index (χ3n) is 3.31. The third-order valence-corrected chi connectivity index (χ3v) is 3.31. The molecule has 2 rings (SSSR count). The van der Waals surface area contributed by atoms with Crippen LogP contribution in [0.4, 0.5) is 4.39 Å². The van der Waals surface area contributed by atoms with Crippen molar-refractivity contribution in [1.29, 1.82) is 0 Å². The smallest absolute Gasteiger partial charge is 0.279 e. The molecule has 0 radical (unpaired) electrons. The van der Waals surface area contributed by atoms with Crippen LogP contribution in [0.2, 0.25) is 0 Å². The van der Waals surface area contributed by atoms with Crippen LogP contribution in [0, 0.1) is 5.82 Å². The van der Waals surface area contributed by atoms with E-state index >= 15 is 0 Å². The van der Waals surface area contributed by atoms with Gasteiger partial charge in [-0.05, 0) is 50.2 Å². The first-order valence-corrected chi connectivity index (χ1v) is 8.34. The number of nitrogens with one attached hydrogen (secondary N) is 2. The second-order valence-electron chi connectivity index (χ2n) is 5.45. The highest BCUT2D eigenvalue weighted by Crippen LogP contribution is 2.18. The topological polar surface area (TPSA) is 85.9 Å². The number of hydrogen-bond acceptors (Lipinski definition) is 5. The normalized spacial score (nSPS) is 11.2. The van der Waals surface area contributed by atoms with Gasteiger partial charge in [-0.25, -0.2) is 4.39 Å². The highest BCUT2D eigenvalue weighted by Gasteiger charge is 2.15. The molecule has 8 heteroatoms. The minimum absolute atomic E-state index is 0.212. The molecule has 2 aromatic rings. The first-order chi connectivity index (χ1) is 13.0. The van der Waals surface area contributed by atoms with Crippen LogP contribution in [0.3, 0.4) is 0 Å². The van der Waals surface area contributed by atoms with Crippen LogP contribution in [0.5, 0.6) is 17.2 Å². The van der Waals surface area contributed by atoms with Gasteiger partial charge in [-0.2, -0.15) is 0 Å². The van der Waals surface area contributed by atoms with Gasteiger partial charge in [0.2, 0.25) is 0 Å². The Balaban J connectivity index is 1.72. The van der Waals surface area contributed by atoms with Crippen molar-refractivity contribution in [3.05, 3.63) is 54.3 Å². The van der Waals surface area contributed by atoms with Gasteiger partial charge < -0.3 is 14.2 Å². The van der Waals surface area contributed by atoms with Crippen LogP contribution in [-0.4, -0.2) is 31.1 Å². The SMILES string of the molecule is CCOc1ccc(O[C@H](C)C(=O)NNC(=O)COc2cccc(F)c2)cc1. The van der Waals surface area contributed by atoms with Gasteiger partial charge in [0.15, 0.2) is 12.7 Å². The summed E-state index contributed by atoms with van der Waals surface area (Å²) in [7, 11) is 0. The van der Waals surface area contributed by atoms with Gasteiger partial charge in [0.1, 0.15) is 23.1 Å². The van der Waals surface area contributed by atoms with Gasteiger partial charge in [0, 0.05) is 6.07 Å². The van der Waals surface area contributed by atoms with Crippen molar-refractivity contribution in [2.45, 2.75) is 20.0 Å². The van der Waals surface area contributed by atoms with E-state index in [0.717, 1.165) is 6.07 Å². The molecule has 0 saturated heterocycles. The summed E-state index contributed by atoms with van der Waals surface area (Å²) >= 11 is 0. The molecule has 0 aromatic heterocycles. The number of hydrogen-bond donors (Lipinski definition) is 2. The Morgan fingerprint density at radius 3 is 2.37 bits per heavy atom. The van der Waals surface area contributed by atoms with Gasteiger partial charge in [-0.3, -0.25) is 20.4 Å². The van der Waals surface area contributed by atoms with Crippen molar-refractivity contribution in [2.24, 2.45) is 0 Å². The molecule has 0 heterocycles. The maximum Gasteiger partial charge on any atom is 0.279 e. The summed E-state index contributed by atoms with van der Waals surface area (Å²) in [5.74, 6) is -0.205. The molecular formula is C19H21FN2O5. The summed E-state index contributed by atoms with van der Waals surface area (Å²) in [6, 6.07) is 12.2. The second kappa shape index (κ2) is 10.0. The maximum atomic E-state index is 13.0. The summed E-state index contributed by atoms with van der Waals surface area (Å²) in [5.41, 5.74) is 4.44. The zero-order chi connectivity index (χ0) is 19.6. The molecule has 0 spiro atoms. The van der Waals surface area contributed by atoms with Crippen LogP contribution in [0.1, 0.15) is 13.8 Å². The Hall–Kier alpha value is -3.29. The fraction of sp³-hybridized carbons (Fsp3) is 0.263. The molecule has 0 aliphatic carbocycles. The lowest BCUT2D eigenvalue weighted by atomic mass is 10.3. The van der Waals surface area contributed by atoms with E-state index in [-0.39, 0.29) is 12.4 Å². The summed E-state index contributed by atoms with van der Waals surface area (Å²) < 4.78 is 29.0. The monoisotopic (exact) mass is 376 g/mol. The molecule has 2 N–H and O–H groups in total. The van der Waals surface area contributed by atoms with Gasteiger partial charge in [-0.15, -0.1) is 0 Å². The predicted octanol–water partition coefficient (Wildman–Crippen LogP) is 2.22. The number of ether oxygens (including phenoxy) is 3. The molecule has 0 unspecified atom stereocenters. The molecular weight excluding hydrogens is 355 g/mol. The average Bonchev–Trinajstić information content (AvgIpc) is 2.66. The predicted molar refractivity (Wildman–Crippen MR) is 95.9 cm³/mol. The van der Waals surface area contributed by atoms with Crippen LogP contribution in [-0.2, 0) is 9.59 Å². The number of rotatable bonds is 8. The quantitative estimate of drug-likeness (QED) is 0.690. The summed E-state index contributed by atoms with van der Waals surface area (Å²) in [5, 5.41) is 0. The Morgan fingerprint density at radius 2 is 1.70 bits per heavy atom. The molecule has 2 amide bonds. The molecule has 0 fully saturated rings. The van der Waals surface area contributed by atoms with Crippen molar-refractivity contribution < 1.29 is 28.2 Å². The zero-order valence-corrected chi connectivity index (χ0v) is 15.0. The van der Waals surface area contributed by atoms with Crippen molar-refractivity contribution in [2.75, 3.05) is 13.2 Å². The maximum absolute atomic E-state index is 13.0. The lowest BCUT2D eigenvalue weighted by Gasteiger charge is -2.15. The molecule has 0 aliphatic heterocycles. The minimum Gasteiger partial charge on any atom is -0.494 e. The van der Waals surface area contributed by atoms with E-state index in [1.165, 1.54) is 18.2 Å². The Kier molecular flexibility index (Phi) is 7.42. The van der Waals surface area contributed by atoms with Crippen molar-refractivity contribution >= 4 is 11.8 Å². The number of amides is 2. The molecule has 27 heavy (non-hydrogen) atoms. The van der Waals surface area contributed by atoms with E-state index in [2.05, 4.69) is 10.9 Å². The molecule has 7 nitrogen and oxygen atoms in total. The average molecular weight is 376 g/mol. The van der Waals surface area contributed by atoms with E-state index < -0.39 is 23.7 Å². The number of benzene rings is 2. The first kappa shape index (κ1) is 20.0. The highest BCUT2D eigenvalue weighted by molar-refractivity contribution is 5.85. The fourth-order valence-electron chi connectivity index (χ4n) is 2.01. The molecule has 0 saturated carbocycles. The number of carbonyl (C=O) groups excluding carboxylic acids is 2. The van der Waals surface area contributed by atoms with Gasteiger partial charge >= 0.3 is 0 Å². The largest absolute Gasteiger partial charge is 0.494 e. The van der Waals surface area contributed by atoms with Crippen LogP contribution in [0.25, 0.3) is 0 Å². The lowest BCUT2D eigenvalue weighted by Crippen LogP contribution is -2.48. The highest BCUT2D eigenvalue weighted by atomic mass is 19.1. The third kappa shape index (κ3) is 6.85. The van der Waals surface area contributed by atoms with Gasteiger partial charge in [0.25, 0.3) is 11.8 Å². The lowest BCUT2D eigenvalue weighted by molar-refractivity contribution is -0.133. The van der Waals surface area contributed by atoms with Crippen LogP contribution >= 0.6 is 0 Å². The Morgan fingerprint density at radius 1 is 1.00 bits per heavy atom. The molecule has 144 valence electrons. The molecule has 1 atom stereocenters. The van der Waals surface area contributed by atoms with Crippen molar-refractivity contribution in [1.82, 2.24) is 10.9 Å². The minimum atomic E-state index is -0.840. The van der Waals surface area contributed by atoms with Gasteiger partial charge in [-0.1, -0.05) is 6.07 Å². The second-order valence-corrected chi connectivity index (χ2v) is 5.45. The van der Waals surface area contributed by atoms with Gasteiger partial charge in [0.05, 0.1) is 6.61 Å². The Labute approximate surface area is 156 Å². The standard InChI is InChI=1S/C19H21FN2O5/c1-3-25-15-7-9-16(10-8-15)27-13(2)19(24)22-21-18(23)12-26-17-6-4-5-14(20)11-17/h4-11,13H,3,12H2,1-2H3,(H,21,23)(H,22,24)/t13-/m1/s1. The molecule has 2 aromatic carbocycles. The van der Waals surface area contributed by atoms with Crippen LogP contribution < -0.4 is 25.1 Å². The molecule has 0 bridgehead atoms. The van der Waals surface area contributed by atoms with E-state index in [9.17, 15) is 14.0 Å². The number of carbonyl (C=O) groups is 2. The van der Waals surface area contributed by atoms with E-state index in [1.807, 2.05) is 6.92 Å². The summed E-state index contributed by atoms with van der Waals surface area (Å²) in [6.45, 7) is 3.61. The Bertz CT molecular complexity index is 767. The van der Waals surface area contributed by atoms with E-state index in [0.29, 0.717) is 18.1 Å². The molecule has 0 aliphatic rings. The van der Waals surface area contributed by atoms with E-state index in [1.54, 1.807) is 31.2 Å². The van der Waals surface area contributed by atoms with Crippen molar-refractivity contribution in [3.8, 4) is 17.2 Å². The van der Waals surface area contributed by atoms with Crippen molar-refractivity contribution in [3.63, 3.8) is 0 Å². The fourth-order valence-corrected chi connectivity index (χ4v) is 2.01.